The van der Waals surface area contributed by atoms with Crippen LogP contribution in [0, 0.1) is 6.92 Å². The van der Waals surface area contributed by atoms with Crippen LogP contribution in [0.5, 0.6) is 0 Å². The van der Waals surface area contributed by atoms with Crippen LogP contribution in [0.1, 0.15) is 62.3 Å². The zero-order valence-electron chi connectivity index (χ0n) is 13.4. The van der Waals surface area contributed by atoms with E-state index in [-0.39, 0.29) is 11.9 Å². The van der Waals surface area contributed by atoms with Crippen LogP contribution in [-0.4, -0.2) is 35.0 Å². The number of carbonyl (C=O) groups is 1. The first-order valence-corrected chi connectivity index (χ1v) is 8.01. The monoisotopic (exact) mass is 290 g/mol. The van der Waals surface area contributed by atoms with Gasteiger partial charge in [0.25, 0.3) is 5.91 Å². The van der Waals surface area contributed by atoms with Gasteiger partial charge in [-0.1, -0.05) is 19.8 Å². The number of hydrogen-bond acceptors (Lipinski definition) is 4. The quantitative estimate of drug-likeness (QED) is 0.926. The summed E-state index contributed by atoms with van der Waals surface area (Å²) >= 11 is 0. The molecule has 116 valence electrons. The van der Waals surface area contributed by atoms with Crippen LogP contribution < -0.4 is 10.2 Å². The molecule has 0 bridgehead atoms. The number of anilines is 1. The molecule has 0 aliphatic carbocycles. The van der Waals surface area contributed by atoms with Gasteiger partial charge in [-0.25, -0.2) is 9.97 Å². The van der Waals surface area contributed by atoms with Crippen molar-refractivity contribution >= 4 is 11.7 Å². The van der Waals surface area contributed by atoms with Crippen molar-refractivity contribution in [1.29, 1.82) is 0 Å². The Labute approximate surface area is 127 Å². The highest BCUT2D eigenvalue weighted by molar-refractivity contribution is 5.93. The van der Waals surface area contributed by atoms with Gasteiger partial charge in [0.1, 0.15) is 17.3 Å². The normalized spacial score (nSPS) is 17.2. The summed E-state index contributed by atoms with van der Waals surface area (Å²) in [5.74, 6) is 1.44. The lowest BCUT2D eigenvalue weighted by Gasteiger charge is -2.22. The number of rotatable bonds is 4. The van der Waals surface area contributed by atoms with Crippen LogP contribution in [0.25, 0.3) is 0 Å². The lowest BCUT2D eigenvalue weighted by atomic mass is 10.2. The second-order valence-electron chi connectivity index (χ2n) is 5.84. The van der Waals surface area contributed by atoms with E-state index in [0.717, 1.165) is 25.3 Å². The minimum atomic E-state index is -0.106. The average molecular weight is 290 g/mol. The number of aryl methyl sites for hydroxylation is 1. The number of carbonyl (C=O) groups excluding carboxylic acids is 1. The molecule has 1 N–H and O–H groups in total. The summed E-state index contributed by atoms with van der Waals surface area (Å²) in [6.45, 7) is 7.94. The summed E-state index contributed by atoms with van der Waals surface area (Å²) in [6, 6.07) is 1.99. The van der Waals surface area contributed by atoms with Crippen molar-refractivity contribution in [1.82, 2.24) is 15.3 Å². The second-order valence-corrected chi connectivity index (χ2v) is 5.84. The molecule has 0 saturated carbocycles. The Morgan fingerprint density at radius 2 is 1.95 bits per heavy atom. The van der Waals surface area contributed by atoms with E-state index >= 15 is 0 Å². The van der Waals surface area contributed by atoms with Gasteiger partial charge in [-0.3, -0.25) is 4.79 Å². The fourth-order valence-corrected chi connectivity index (χ4v) is 2.53. The second kappa shape index (κ2) is 7.38. The van der Waals surface area contributed by atoms with Crippen LogP contribution in [-0.2, 0) is 0 Å². The molecule has 0 aromatic carbocycles. The van der Waals surface area contributed by atoms with Gasteiger partial charge in [-0.05, 0) is 33.1 Å². The molecule has 1 fully saturated rings. The molecular formula is C16H26N4O. The van der Waals surface area contributed by atoms with Gasteiger partial charge in [0.2, 0.25) is 0 Å². The first-order chi connectivity index (χ1) is 10.1. The van der Waals surface area contributed by atoms with E-state index in [4.69, 9.17) is 0 Å². The van der Waals surface area contributed by atoms with Gasteiger partial charge in [0, 0.05) is 25.2 Å². The number of hydrogen-bond donors (Lipinski definition) is 1. The van der Waals surface area contributed by atoms with Crippen molar-refractivity contribution in [3.05, 3.63) is 17.6 Å². The summed E-state index contributed by atoms with van der Waals surface area (Å²) in [5.41, 5.74) is 0.474. The van der Waals surface area contributed by atoms with Gasteiger partial charge in [-0.15, -0.1) is 0 Å². The average Bonchev–Trinajstić information content (AvgIpc) is 2.75. The topological polar surface area (TPSA) is 58.1 Å². The lowest BCUT2D eigenvalue weighted by Crippen LogP contribution is -2.33. The minimum absolute atomic E-state index is 0.106. The molecule has 0 radical (unpaired) electrons. The summed E-state index contributed by atoms with van der Waals surface area (Å²) in [5, 5.41) is 2.97. The SMILES string of the molecule is CCC(C)NC(=O)c1cc(N2CCCCCC2)nc(C)n1. The first kappa shape index (κ1) is 15.7. The maximum Gasteiger partial charge on any atom is 0.270 e. The molecule has 1 saturated heterocycles. The largest absolute Gasteiger partial charge is 0.356 e. The number of nitrogens with one attached hydrogen (secondary N) is 1. The van der Waals surface area contributed by atoms with Crippen LogP contribution >= 0.6 is 0 Å². The van der Waals surface area contributed by atoms with Crippen LogP contribution in [0.3, 0.4) is 0 Å². The molecule has 1 atom stereocenters. The predicted octanol–water partition coefficient (Wildman–Crippen LogP) is 2.69. The maximum absolute atomic E-state index is 12.2. The highest BCUT2D eigenvalue weighted by Crippen LogP contribution is 2.18. The van der Waals surface area contributed by atoms with E-state index in [9.17, 15) is 4.79 Å². The van der Waals surface area contributed by atoms with Crippen LogP contribution in [0.15, 0.2) is 6.07 Å². The molecule has 0 spiro atoms. The number of aromatic nitrogens is 2. The molecule has 1 aliphatic rings. The highest BCUT2D eigenvalue weighted by atomic mass is 16.1. The summed E-state index contributed by atoms with van der Waals surface area (Å²) in [7, 11) is 0. The van der Waals surface area contributed by atoms with Crippen LogP contribution in [0.2, 0.25) is 0 Å². The Bertz CT molecular complexity index is 481. The van der Waals surface area contributed by atoms with Gasteiger partial charge in [0.15, 0.2) is 0 Å². The fraction of sp³-hybridized carbons (Fsp3) is 0.688. The predicted molar refractivity (Wildman–Crippen MR) is 84.7 cm³/mol. The molecule has 2 heterocycles. The van der Waals surface area contributed by atoms with Crippen molar-refractivity contribution in [2.24, 2.45) is 0 Å². The van der Waals surface area contributed by atoms with E-state index in [1.54, 1.807) is 0 Å². The van der Waals surface area contributed by atoms with Crippen molar-refractivity contribution in [3.8, 4) is 0 Å². The Morgan fingerprint density at radius 1 is 1.29 bits per heavy atom. The molecule has 1 aromatic heterocycles. The third-order valence-electron chi connectivity index (χ3n) is 3.98. The summed E-state index contributed by atoms with van der Waals surface area (Å²) < 4.78 is 0. The number of amides is 1. The summed E-state index contributed by atoms with van der Waals surface area (Å²) in [6.07, 6.45) is 5.85. The van der Waals surface area contributed by atoms with E-state index in [0.29, 0.717) is 11.5 Å². The minimum Gasteiger partial charge on any atom is -0.356 e. The van der Waals surface area contributed by atoms with Crippen molar-refractivity contribution < 1.29 is 4.79 Å². The molecule has 5 heteroatoms. The molecule has 21 heavy (non-hydrogen) atoms. The Morgan fingerprint density at radius 3 is 2.57 bits per heavy atom. The first-order valence-electron chi connectivity index (χ1n) is 8.01. The zero-order valence-corrected chi connectivity index (χ0v) is 13.4. The Hall–Kier alpha value is -1.65. The highest BCUT2D eigenvalue weighted by Gasteiger charge is 2.16. The molecule has 1 aliphatic heterocycles. The van der Waals surface area contributed by atoms with Crippen molar-refractivity contribution in [2.45, 2.75) is 58.9 Å². The van der Waals surface area contributed by atoms with Gasteiger partial charge in [0.05, 0.1) is 0 Å². The molecule has 5 nitrogen and oxygen atoms in total. The Kier molecular flexibility index (Phi) is 5.53. The molecule has 1 aromatic rings. The summed E-state index contributed by atoms with van der Waals surface area (Å²) in [4.78, 5) is 23.3. The molecular weight excluding hydrogens is 264 g/mol. The molecule has 1 amide bonds. The zero-order chi connectivity index (χ0) is 15.2. The standard InChI is InChI=1S/C16H26N4O/c1-4-12(2)17-16(21)14-11-15(19-13(3)18-14)20-9-7-5-6-8-10-20/h11-12H,4-10H2,1-3H3,(H,17,21). The van der Waals surface area contributed by atoms with Crippen molar-refractivity contribution in [3.63, 3.8) is 0 Å². The molecule has 1 unspecified atom stereocenters. The van der Waals surface area contributed by atoms with E-state index in [2.05, 4.69) is 27.1 Å². The fourth-order valence-electron chi connectivity index (χ4n) is 2.53. The lowest BCUT2D eigenvalue weighted by molar-refractivity contribution is 0.0934. The van der Waals surface area contributed by atoms with Gasteiger partial charge >= 0.3 is 0 Å². The molecule has 2 rings (SSSR count). The maximum atomic E-state index is 12.2. The van der Waals surface area contributed by atoms with E-state index in [1.807, 2.05) is 19.9 Å². The smallest absolute Gasteiger partial charge is 0.270 e. The van der Waals surface area contributed by atoms with E-state index < -0.39 is 0 Å². The Balaban J connectivity index is 2.17. The van der Waals surface area contributed by atoms with Gasteiger partial charge in [-0.2, -0.15) is 0 Å². The van der Waals surface area contributed by atoms with Crippen molar-refractivity contribution in [2.75, 3.05) is 18.0 Å². The third kappa shape index (κ3) is 4.41. The van der Waals surface area contributed by atoms with E-state index in [1.165, 1.54) is 25.7 Å². The third-order valence-corrected chi connectivity index (χ3v) is 3.98. The van der Waals surface area contributed by atoms with Crippen LogP contribution in [0.4, 0.5) is 5.82 Å². The van der Waals surface area contributed by atoms with Gasteiger partial charge < -0.3 is 10.2 Å². The number of nitrogens with zero attached hydrogens (tertiary/aromatic N) is 3.